The maximum Gasteiger partial charge on any atom is 0.119 e. The number of pyridine rings is 1. The van der Waals surface area contributed by atoms with Crippen LogP contribution in [0, 0.1) is 0 Å². The molecule has 0 N–H and O–H groups in total. The van der Waals surface area contributed by atoms with Crippen molar-refractivity contribution in [2.75, 3.05) is 0 Å². The number of ether oxygens (including phenoxy) is 2. The highest BCUT2D eigenvalue weighted by molar-refractivity contribution is 5.81. The summed E-state index contributed by atoms with van der Waals surface area (Å²) in [6.07, 6.45) is 3.95. The summed E-state index contributed by atoms with van der Waals surface area (Å²) in [6.45, 7) is 8.08. The van der Waals surface area contributed by atoms with Gasteiger partial charge in [-0.1, -0.05) is 0 Å². The largest absolute Gasteiger partial charge is 0.491 e. The van der Waals surface area contributed by atoms with E-state index in [0.29, 0.717) is 0 Å². The molecule has 2 aromatic carbocycles. The van der Waals surface area contributed by atoms with Crippen molar-refractivity contribution in [2.45, 2.75) is 39.9 Å². The molecule has 0 aliphatic rings. The molecule has 0 spiro atoms. The van der Waals surface area contributed by atoms with Gasteiger partial charge in [0.25, 0.3) is 0 Å². The molecule has 4 aromatic rings. The van der Waals surface area contributed by atoms with Crippen LogP contribution >= 0.6 is 0 Å². The van der Waals surface area contributed by atoms with Gasteiger partial charge in [-0.15, -0.1) is 0 Å². The van der Waals surface area contributed by atoms with Crippen LogP contribution in [0.3, 0.4) is 0 Å². The average Bonchev–Trinajstić information content (AvgIpc) is 3.11. The summed E-state index contributed by atoms with van der Waals surface area (Å²) in [4.78, 5) is 9.08. The van der Waals surface area contributed by atoms with Crippen LogP contribution in [-0.2, 0) is 0 Å². The fraction of sp³-hybridized carbons (Fsp3) is 0.250. The molecule has 5 nitrogen and oxygen atoms in total. The fourth-order valence-corrected chi connectivity index (χ4v) is 3.21. The molecule has 0 saturated carbocycles. The van der Waals surface area contributed by atoms with E-state index in [4.69, 9.17) is 9.47 Å². The molecule has 0 fully saturated rings. The van der Waals surface area contributed by atoms with Crippen molar-refractivity contribution >= 4 is 11.0 Å². The van der Waals surface area contributed by atoms with Crippen LogP contribution in [0.1, 0.15) is 27.7 Å². The fourth-order valence-electron chi connectivity index (χ4n) is 3.21. The van der Waals surface area contributed by atoms with Crippen LogP contribution in [0.4, 0.5) is 0 Å². The maximum atomic E-state index is 5.74. The standard InChI is InChI=1S/C24H25N3O2/c1-16(2)28-20-9-5-18(6-10-20)22-13-24-23(14-25-22)26-15-27(24)19-7-11-21(12-8-19)29-17(3)4/h5-17H,1-4H3. The smallest absolute Gasteiger partial charge is 0.119 e. The van der Waals surface area contributed by atoms with Crippen molar-refractivity contribution in [2.24, 2.45) is 0 Å². The molecular formula is C24H25N3O2. The van der Waals surface area contributed by atoms with Crippen LogP contribution in [0.5, 0.6) is 11.5 Å². The highest BCUT2D eigenvalue weighted by atomic mass is 16.5. The third-order valence-corrected chi connectivity index (χ3v) is 4.44. The number of aromatic nitrogens is 3. The van der Waals surface area contributed by atoms with Crippen molar-refractivity contribution in [3.8, 4) is 28.4 Å². The molecule has 5 heteroatoms. The summed E-state index contributed by atoms with van der Waals surface area (Å²) >= 11 is 0. The van der Waals surface area contributed by atoms with Gasteiger partial charge in [0.2, 0.25) is 0 Å². The summed E-state index contributed by atoms with van der Waals surface area (Å²) in [5.41, 5.74) is 4.83. The molecule has 0 atom stereocenters. The van der Waals surface area contributed by atoms with Crippen LogP contribution < -0.4 is 9.47 Å². The molecule has 4 rings (SSSR count). The molecular weight excluding hydrogens is 362 g/mol. The molecule has 0 amide bonds. The van der Waals surface area contributed by atoms with E-state index in [1.54, 1.807) is 0 Å². The van der Waals surface area contributed by atoms with Crippen LogP contribution in [0.2, 0.25) is 0 Å². The first kappa shape index (κ1) is 19.0. The number of fused-ring (bicyclic) bond motifs is 1. The maximum absolute atomic E-state index is 5.74. The van der Waals surface area contributed by atoms with E-state index in [0.717, 1.165) is 39.5 Å². The highest BCUT2D eigenvalue weighted by Crippen LogP contribution is 2.26. The summed E-state index contributed by atoms with van der Waals surface area (Å²) in [5.74, 6) is 1.72. The molecule has 2 aromatic heterocycles. The van der Waals surface area contributed by atoms with Gasteiger partial charge in [0.05, 0.1) is 29.6 Å². The summed E-state index contributed by atoms with van der Waals surface area (Å²) in [7, 11) is 0. The number of rotatable bonds is 6. The van der Waals surface area contributed by atoms with Crippen LogP contribution in [0.15, 0.2) is 67.1 Å². The quantitative estimate of drug-likeness (QED) is 0.428. The minimum Gasteiger partial charge on any atom is -0.491 e. The SMILES string of the molecule is CC(C)Oc1ccc(-c2cc3c(cn2)ncn3-c2ccc(OC(C)C)cc2)cc1. The number of benzene rings is 2. The predicted octanol–water partition coefficient (Wildman–Crippen LogP) is 5.66. The Balaban J connectivity index is 1.66. The Morgan fingerprint density at radius 1 is 0.759 bits per heavy atom. The minimum absolute atomic E-state index is 0.154. The Morgan fingerprint density at radius 3 is 1.93 bits per heavy atom. The number of hydrogen-bond acceptors (Lipinski definition) is 4. The third-order valence-electron chi connectivity index (χ3n) is 4.44. The Morgan fingerprint density at radius 2 is 1.34 bits per heavy atom. The normalized spacial score (nSPS) is 11.4. The van der Waals surface area contributed by atoms with Gasteiger partial charge in [0, 0.05) is 11.3 Å². The van der Waals surface area contributed by atoms with Gasteiger partial charge in [-0.25, -0.2) is 4.98 Å². The van der Waals surface area contributed by atoms with Gasteiger partial charge in [-0.2, -0.15) is 0 Å². The Hall–Kier alpha value is -3.34. The molecule has 0 bridgehead atoms. The molecule has 0 unspecified atom stereocenters. The summed E-state index contributed by atoms with van der Waals surface area (Å²) in [5, 5.41) is 0. The first-order chi connectivity index (χ1) is 14.0. The van der Waals surface area contributed by atoms with Crippen molar-refractivity contribution < 1.29 is 9.47 Å². The molecule has 148 valence electrons. The van der Waals surface area contributed by atoms with Crippen molar-refractivity contribution in [1.29, 1.82) is 0 Å². The monoisotopic (exact) mass is 387 g/mol. The Labute approximate surface area is 171 Å². The van der Waals surface area contributed by atoms with Crippen LogP contribution in [-0.4, -0.2) is 26.7 Å². The van der Waals surface area contributed by atoms with E-state index in [1.165, 1.54) is 0 Å². The molecule has 0 saturated heterocycles. The molecule has 0 radical (unpaired) electrons. The lowest BCUT2D eigenvalue weighted by atomic mass is 10.1. The first-order valence-electron chi connectivity index (χ1n) is 9.87. The second kappa shape index (κ2) is 7.95. The number of nitrogens with zero attached hydrogens (tertiary/aromatic N) is 3. The van der Waals surface area contributed by atoms with E-state index >= 15 is 0 Å². The second-order valence-electron chi connectivity index (χ2n) is 7.52. The van der Waals surface area contributed by atoms with Gasteiger partial charge in [0.15, 0.2) is 0 Å². The Bertz CT molecular complexity index is 1100. The average molecular weight is 387 g/mol. The topological polar surface area (TPSA) is 49.2 Å². The van der Waals surface area contributed by atoms with E-state index < -0.39 is 0 Å². The molecule has 2 heterocycles. The van der Waals surface area contributed by atoms with E-state index in [2.05, 4.69) is 20.6 Å². The van der Waals surface area contributed by atoms with Gasteiger partial charge in [-0.3, -0.25) is 9.55 Å². The van der Waals surface area contributed by atoms with Crippen molar-refractivity contribution in [1.82, 2.24) is 14.5 Å². The van der Waals surface area contributed by atoms with E-state index in [1.807, 2.05) is 88.8 Å². The number of hydrogen-bond donors (Lipinski definition) is 0. The van der Waals surface area contributed by atoms with Gasteiger partial charge >= 0.3 is 0 Å². The molecule has 0 aliphatic carbocycles. The number of imidazole rings is 1. The van der Waals surface area contributed by atoms with Gasteiger partial charge in [0.1, 0.15) is 23.3 Å². The lowest BCUT2D eigenvalue weighted by Gasteiger charge is -2.11. The summed E-state index contributed by atoms with van der Waals surface area (Å²) in [6, 6.07) is 18.1. The zero-order valence-corrected chi connectivity index (χ0v) is 17.2. The third kappa shape index (κ3) is 4.24. The molecule has 29 heavy (non-hydrogen) atoms. The van der Waals surface area contributed by atoms with Crippen LogP contribution in [0.25, 0.3) is 28.0 Å². The lowest BCUT2D eigenvalue weighted by molar-refractivity contribution is 0.242. The Kier molecular flexibility index (Phi) is 5.21. The lowest BCUT2D eigenvalue weighted by Crippen LogP contribution is -2.05. The van der Waals surface area contributed by atoms with Crippen molar-refractivity contribution in [3.63, 3.8) is 0 Å². The highest BCUT2D eigenvalue weighted by Gasteiger charge is 2.09. The zero-order valence-electron chi connectivity index (χ0n) is 17.2. The minimum atomic E-state index is 0.154. The van der Waals surface area contributed by atoms with E-state index in [9.17, 15) is 0 Å². The second-order valence-corrected chi connectivity index (χ2v) is 7.52. The van der Waals surface area contributed by atoms with Gasteiger partial charge < -0.3 is 9.47 Å². The summed E-state index contributed by atoms with van der Waals surface area (Å²) < 4.78 is 13.5. The first-order valence-corrected chi connectivity index (χ1v) is 9.87. The van der Waals surface area contributed by atoms with Gasteiger partial charge in [-0.05, 0) is 82.3 Å². The molecule has 0 aliphatic heterocycles. The predicted molar refractivity (Wildman–Crippen MR) is 116 cm³/mol. The zero-order chi connectivity index (χ0) is 20.4. The van der Waals surface area contributed by atoms with Crippen molar-refractivity contribution in [3.05, 3.63) is 67.1 Å². The van der Waals surface area contributed by atoms with E-state index in [-0.39, 0.29) is 12.2 Å².